The van der Waals surface area contributed by atoms with Gasteiger partial charge in [0.15, 0.2) is 30.3 Å². The first-order valence-corrected chi connectivity index (χ1v) is 21.5. The Kier molecular flexibility index (Phi) is 10.2. The van der Waals surface area contributed by atoms with Gasteiger partial charge in [0.25, 0.3) is 0 Å². The molecule has 3 aromatic heterocycles. The van der Waals surface area contributed by atoms with Crippen molar-refractivity contribution in [2.24, 2.45) is 0 Å². The molecule has 10 rings (SSSR count). The fraction of sp³-hybridized carbons (Fsp3) is 0.127. The number of rotatable bonds is 10. The van der Waals surface area contributed by atoms with Crippen molar-refractivity contribution in [3.05, 3.63) is 185 Å². The van der Waals surface area contributed by atoms with Crippen LogP contribution in [-0.2, 0) is 5.41 Å². The molecule has 0 atom stereocenters. The van der Waals surface area contributed by atoms with E-state index in [1.807, 2.05) is 91.0 Å². The lowest BCUT2D eigenvalue weighted by Gasteiger charge is -2.21. The molecule has 1 aliphatic carbocycles. The molecule has 0 bridgehead atoms. The quantitative estimate of drug-likeness (QED) is 0.129. The van der Waals surface area contributed by atoms with Crippen molar-refractivity contribution in [1.82, 2.24) is 24.5 Å². The third-order valence-corrected chi connectivity index (χ3v) is 12.4. The SMILES string of the molecule is C[B]/C=C\c1c(/C=C(\C)c2ccc3c(c2)-c2c(ccc4nc(-c5ccccc5)oc24)C3(C)C)c([B]C)n(-c2cccc(-c3nc(-c4ccccc4)nc(-c4ccccc4)n3)c2)c1C. The molecule has 0 fully saturated rings. The van der Waals surface area contributed by atoms with Crippen LogP contribution in [0.3, 0.4) is 0 Å². The number of hydrogen-bond acceptors (Lipinski definition) is 5. The van der Waals surface area contributed by atoms with E-state index in [0.717, 1.165) is 78.2 Å². The molecule has 0 saturated carbocycles. The van der Waals surface area contributed by atoms with Crippen LogP contribution in [0.4, 0.5) is 0 Å². The lowest BCUT2D eigenvalue weighted by Crippen LogP contribution is -2.24. The van der Waals surface area contributed by atoms with Crippen molar-refractivity contribution >= 4 is 49.0 Å². The van der Waals surface area contributed by atoms with Crippen LogP contribution in [0.25, 0.3) is 91.3 Å². The van der Waals surface area contributed by atoms with Crippen LogP contribution in [0, 0.1) is 6.92 Å². The topological polar surface area (TPSA) is 69.6 Å². The first kappa shape index (κ1) is 39.8. The maximum Gasteiger partial charge on any atom is 0.227 e. The molecule has 0 spiro atoms. The molecule has 0 aliphatic heterocycles. The lowest BCUT2D eigenvalue weighted by molar-refractivity contribution is 0.618. The van der Waals surface area contributed by atoms with Crippen molar-refractivity contribution in [1.29, 1.82) is 0 Å². The van der Waals surface area contributed by atoms with Gasteiger partial charge in [0.05, 0.1) is 0 Å². The summed E-state index contributed by atoms with van der Waals surface area (Å²) < 4.78 is 8.97. The van der Waals surface area contributed by atoms with Gasteiger partial charge in [-0.1, -0.05) is 143 Å². The molecule has 2 radical (unpaired) electrons. The third-order valence-electron chi connectivity index (χ3n) is 12.4. The summed E-state index contributed by atoms with van der Waals surface area (Å²) in [6, 6.07) is 50.1. The summed E-state index contributed by atoms with van der Waals surface area (Å²) in [5, 5.41) is 0. The zero-order valence-electron chi connectivity index (χ0n) is 36.4. The summed E-state index contributed by atoms with van der Waals surface area (Å²) in [5.41, 5.74) is 18.0. The molecule has 1 aliphatic rings. The van der Waals surface area contributed by atoms with Crippen molar-refractivity contribution in [2.75, 3.05) is 0 Å². The molecule has 0 unspecified atom stereocenters. The predicted octanol–water partition coefficient (Wildman–Crippen LogP) is 12.7. The van der Waals surface area contributed by atoms with Crippen LogP contribution in [-0.4, -0.2) is 39.1 Å². The molecule has 0 N–H and O–H groups in total. The Morgan fingerprint density at radius 1 is 0.635 bits per heavy atom. The minimum atomic E-state index is -0.190. The normalized spacial score (nSPS) is 13.1. The molecule has 6 nitrogen and oxygen atoms in total. The zero-order valence-corrected chi connectivity index (χ0v) is 36.4. The molecule has 0 amide bonds. The van der Waals surface area contributed by atoms with E-state index in [-0.39, 0.29) is 5.41 Å². The van der Waals surface area contributed by atoms with Gasteiger partial charge in [0, 0.05) is 50.2 Å². The van der Waals surface area contributed by atoms with Gasteiger partial charge < -0.3 is 8.98 Å². The van der Waals surface area contributed by atoms with Crippen molar-refractivity contribution in [3.8, 4) is 62.4 Å². The van der Waals surface area contributed by atoms with Gasteiger partial charge in [0.2, 0.25) is 5.89 Å². The van der Waals surface area contributed by atoms with E-state index >= 15 is 0 Å². The average Bonchev–Trinajstić information content (AvgIpc) is 3.96. The Labute approximate surface area is 370 Å². The Hall–Kier alpha value is -7.31. The van der Waals surface area contributed by atoms with Gasteiger partial charge in [-0.2, -0.15) is 0 Å². The molecule has 9 aromatic rings. The van der Waals surface area contributed by atoms with Crippen molar-refractivity contribution in [2.45, 2.75) is 46.8 Å². The summed E-state index contributed by atoms with van der Waals surface area (Å²) in [5.74, 6) is 4.65. The predicted molar refractivity (Wildman–Crippen MR) is 263 cm³/mol. The minimum Gasteiger partial charge on any atom is -0.435 e. The lowest BCUT2D eigenvalue weighted by atomic mass is 9.74. The smallest absolute Gasteiger partial charge is 0.227 e. The van der Waals surface area contributed by atoms with E-state index in [0.29, 0.717) is 23.4 Å². The number of allylic oxidation sites excluding steroid dienone is 1. The number of hydrogen-bond donors (Lipinski definition) is 0. The van der Waals surface area contributed by atoms with E-state index in [9.17, 15) is 0 Å². The molecular formula is C55H45B2N5O. The third kappa shape index (κ3) is 7.06. The van der Waals surface area contributed by atoms with Gasteiger partial charge in [-0.25, -0.2) is 19.9 Å². The largest absolute Gasteiger partial charge is 0.435 e. The number of aromatic nitrogens is 5. The molecule has 0 saturated heterocycles. The standard InChI is InChI=1S/C55H45B2N5O/c1-34(39-25-26-45-44(33-39)48-46(55(45,3)4)27-28-47-49(48)63-54(58-47)38-21-14-9-15-22-38)31-43-42(29-30-56-5)35(2)62(50(43)57-6)41-24-16-23-40(32-41)53-60-51(36-17-10-7-11-18-36)59-52(61-53)37-19-12-8-13-20-37/h7-33H,1-6H3/b30-29-,34-31+. The first-order chi connectivity index (χ1) is 30.7. The Morgan fingerprint density at radius 2 is 1.24 bits per heavy atom. The summed E-state index contributed by atoms with van der Waals surface area (Å²) >= 11 is 0. The molecule has 3 heterocycles. The summed E-state index contributed by atoms with van der Waals surface area (Å²) in [6.45, 7) is 13.2. The van der Waals surface area contributed by atoms with E-state index in [1.165, 1.54) is 16.7 Å². The molecule has 6 aromatic carbocycles. The van der Waals surface area contributed by atoms with E-state index in [4.69, 9.17) is 24.4 Å². The van der Waals surface area contributed by atoms with Crippen LogP contribution in [0.2, 0.25) is 13.6 Å². The van der Waals surface area contributed by atoms with Crippen LogP contribution >= 0.6 is 0 Å². The zero-order chi connectivity index (χ0) is 43.2. The maximum atomic E-state index is 6.62. The Balaban J connectivity index is 1.08. The highest BCUT2D eigenvalue weighted by Crippen LogP contribution is 2.52. The van der Waals surface area contributed by atoms with Crippen LogP contribution < -0.4 is 5.59 Å². The van der Waals surface area contributed by atoms with Crippen molar-refractivity contribution < 1.29 is 4.42 Å². The van der Waals surface area contributed by atoms with E-state index < -0.39 is 0 Å². The van der Waals surface area contributed by atoms with Gasteiger partial charge >= 0.3 is 0 Å². The second kappa shape index (κ2) is 16.2. The maximum absolute atomic E-state index is 6.62. The summed E-state index contributed by atoms with van der Waals surface area (Å²) in [6.07, 6.45) is 4.56. The van der Waals surface area contributed by atoms with Gasteiger partial charge in [-0.3, -0.25) is 0 Å². The number of fused-ring (bicyclic) bond motifs is 5. The number of oxazole rings is 1. The van der Waals surface area contributed by atoms with Gasteiger partial charge in [0.1, 0.15) is 12.8 Å². The van der Waals surface area contributed by atoms with E-state index in [2.05, 4.69) is 133 Å². The van der Waals surface area contributed by atoms with Crippen LogP contribution in [0.15, 0.2) is 156 Å². The highest BCUT2D eigenvalue weighted by Gasteiger charge is 2.38. The Morgan fingerprint density at radius 3 is 1.87 bits per heavy atom. The summed E-state index contributed by atoms with van der Waals surface area (Å²) in [4.78, 5) is 19.9. The van der Waals surface area contributed by atoms with Crippen LogP contribution in [0.5, 0.6) is 0 Å². The van der Waals surface area contributed by atoms with Crippen molar-refractivity contribution in [3.63, 3.8) is 0 Å². The number of benzene rings is 6. The molecular weight excluding hydrogens is 768 g/mol. The molecule has 63 heavy (non-hydrogen) atoms. The minimum absolute atomic E-state index is 0.190. The van der Waals surface area contributed by atoms with Crippen LogP contribution in [0.1, 0.15) is 54.3 Å². The Bertz CT molecular complexity index is 3180. The highest BCUT2D eigenvalue weighted by atomic mass is 16.3. The molecule has 302 valence electrons. The van der Waals surface area contributed by atoms with Gasteiger partial charge in [-0.05, 0) is 95.3 Å². The fourth-order valence-electron chi connectivity index (χ4n) is 9.12. The molecule has 8 heteroatoms. The van der Waals surface area contributed by atoms with Gasteiger partial charge in [-0.15, -0.1) is 5.98 Å². The number of nitrogens with zero attached hydrogens (tertiary/aromatic N) is 5. The fourth-order valence-corrected chi connectivity index (χ4v) is 9.12. The monoisotopic (exact) mass is 813 g/mol. The van der Waals surface area contributed by atoms with E-state index in [1.54, 1.807) is 0 Å². The highest BCUT2D eigenvalue weighted by molar-refractivity contribution is 6.53. The first-order valence-electron chi connectivity index (χ1n) is 21.5. The second-order valence-electron chi connectivity index (χ2n) is 16.6. The average molecular weight is 814 g/mol. The second-order valence-corrected chi connectivity index (χ2v) is 16.6. The summed E-state index contributed by atoms with van der Waals surface area (Å²) in [7, 11) is 4.29.